The molecule has 1 nitrogen and oxygen atoms in total. The molecule has 1 aliphatic rings. The fourth-order valence-corrected chi connectivity index (χ4v) is 4.05. The molecule has 2 aromatic heterocycles. The molecular weight excluding hydrogens is 274 g/mol. The molecule has 2 heterocycles. The highest BCUT2D eigenvalue weighted by molar-refractivity contribution is 7.22. The van der Waals surface area contributed by atoms with E-state index in [0.717, 1.165) is 11.2 Å². The maximum absolute atomic E-state index is 4.87. The molecule has 0 N–H and O–H groups in total. The summed E-state index contributed by atoms with van der Waals surface area (Å²) in [5.41, 5.74) is 4.71. The van der Waals surface area contributed by atoms with Crippen LogP contribution in [0.5, 0.6) is 0 Å². The highest BCUT2D eigenvalue weighted by Gasteiger charge is 2.13. The first-order chi connectivity index (χ1) is 10.4. The van der Waals surface area contributed by atoms with Crippen molar-refractivity contribution in [2.75, 3.05) is 0 Å². The third-order valence-electron chi connectivity index (χ3n) is 4.02. The van der Waals surface area contributed by atoms with Crippen LogP contribution in [0.15, 0.2) is 54.6 Å². The largest absolute Gasteiger partial charge is 0.247 e. The van der Waals surface area contributed by atoms with Crippen molar-refractivity contribution in [1.82, 2.24) is 4.98 Å². The average Bonchev–Trinajstić information content (AvgIpc) is 3.12. The first kappa shape index (κ1) is 11.2. The predicted octanol–water partition coefficient (Wildman–Crippen LogP) is 5.60. The van der Waals surface area contributed by atoms with E-state index >= 15 is 0 Å². The first-order valence-electron chi connectivity index (χ1n) is 6.99. The summed E-state index contributed by atoms with van der Waals surface area (Å²) in [7, 11) is 0. The molecule has 21 heavy (non-hydrogen) atoms. The molecule has 0 spiro atoms. The van der Waals surface area contributed by atoms with Gasteiger partial charge in [-0.1, -0.05) is 42.5 Å². The second-order valence-electron chi connectivity index (χ2n) is 5.32. The smallest absolute Gasteiger partial charge is 0.0815 e. The van der Waals surface area contributed by atoms with Crippen molar-refractivity contribution in [3.63, 3.8) is 0 Å². The zero-order valence-corrected chi connectivity index (χ0v) is 12.0. The summed E-state index contributed by atoms with van der Waals surface area (Å²) in [5.74, 6) is 0. The number of thiophene rings is 1. The quantitative estimate of drug-likeness (QED) is 0.390. The third kappa shape index (κ3) is 1.60. The van der Waals surface area contributed by atoms with Crippen LogP contribution in [0.1, 0.15) is 11.1 Å². The second-order valence-corrected chi connectivity index (χ2v) is 6.40. The van der Waals surface area contributed by atoms with Gasteiger partial charge in [-0.2, -0.15) is 0 Å². The van der Waals surface area contributed by atoms with Gasteiger partial charge in [0.05, 0.1) is 16.1 Å². The minimum absolute atomic E-state index is 1.07. The summed E-state index contributed by atoms with van der Waals surface area (Å²) < 4.78 is 1.31. The Bertz CT molecular complexity index is 1010. The lowest BCUT2D eigenvalue weighted by Gasteiger charge is -2.04. The van der Waals surface area contributed by atoms with Gasteiger partial charge in [0.15, 0.2) is 0 Å². The van der Waals surface area contributed by atoms with E-state index in [9.17, 15) is 0 Å². The van der Waals surface area contributed by atoms with Crippen LogP contribution in [0.2, 0.25) is 0 Å². The lowest BCUT2D eigenvalue weighted by atomic mass is 10.1. The number of pyridine rings is 1. The third-order valence-corrected chi connectivity index (χ3v) is 5.16. The van der Waals surface area contributed by atoms with E-state index in [4.69, 9.17) is 4.98 Å². The van der Waals surface area contributed by atoms with Crippen LogP contribution in [0, 0.1) is 0 Å². The van der Waals surface area contributed by atoms with E-state index in [-0.39, 0.29) is 0 Å². The van der Waals surface area contributed by atoms with Crippen molar-refractivity contribution in [1.29, 1.82) is 0 Å². The van der Waals surface area contributed by atoms with Gasteiger partial charge in [-0.05, 0) is 40.8 Å². The molecule has 0 fully saturated rings. The molecule has 0 saturated heterocycles. The Morgan fingerprint density at radius 1 is 0.810 bits per heavy atom. The van der Waals surface area contributed by atoms with Crippen LogP contribution in [0.3, 0.4) is 0 Å². The molecule has 4 aromatic rings. The van der Waals surface area contributed by atoms with Gasteiger partial charge in [-0.3, -0.25) is 0 Å². The minimum atomic E-state index is 1.07. The zero-order valence-electron chi connectivity index (χ0n) is 11.2. The average molecular weight is 285 g/mol. The zero-order chi connectivity index (χ0) is 13.8. The number of benzene rings is 2. The molecule has 0 saturated carbocycles. The van der Waals surface area contributed by atoms with Crippen LogP contribution in [-0.2, 0) is 0 Å². The van der Waals surface area contributed by atoms with Gasteiger partial charge < -0.3 is 0 Å². The predicted molar refractivity (Wildman–Crippen MR) is 91.5 cm³/mol. The van der Waals surface area contributed by atoms with Crippen LogP contribution < -0.4 is 0 Å². The summed E-state index contributed by atoms with van der Waals surface area (Å²) in [5, 5.41) is 2.57. The van der Waals surface area contributed by atoms with Gasteiger partial charge in [0, 0.05) is 10.1 Å². The number of hydrogen-bond donors (Lipinski definition) is 0. The Hall–Kier alpha value is -2.45. The molecule has 0 unspecified atom stereocenters. The van der Waals surface area contributed by atoms with E-state index in [2.05, 4.69) is 66.7 Å². The lowest BCUT2D eigenvalue weighted by molar-refractivity contribution is 1.42. The highest BCUT2D eigenvalue weighted by atomic mass is 32.1. The number of fused-ring (bicyclic) bond motifs is 1. The Balaban J connectivity index is 1.81. The van der Waals surface area contributed by atoms with E-state index in [1.807, 2.05) is 11.3 Å². The van der Waals surface area contributed by atoms with Crippen molar-refractivity contribution >= 4 is 44.5 Å². The Morgan fingerprint density at radius 2 is 1.71 bits per heavy atom. The molecule has 0 aliphatic heterocycles. The van der Waals surface area contributed by atoms with Crippen molar-refractivity contribution in [3.05, 3.63) is 65.7 Å². The van der Waals surface area contributed by atoms with Gasteiger partial charge in [-0.15, -0.1) is 11.3 Å². The van der Waals surface area contributed by atoms with Crippen molar-refractivity contribution in [2.45, 2.75) is 0 Å². The number of rotatable bonds is 1. The second kappa shape index (κ2) is 4.03. The van der Waals surface area contributed by atoms with Crippen LogP contribution >= 0.6 is 11.3 Å². The maximum Gasteiger partial charge on any atom is 0.0815 e. The SMILES string of the molecule is C1=Cc2cc(-c3cc4ccccc4s3)nc3cccc1c23. The van der Waals surface area contributed by atoms with Gasteiger partial charge in [0.2, 0.25) is 0 Å². The molecule has 0 amide bonds. The monoisotopic (exact) mass is 285 g/mol. The molecule has 0 atom stereocenters. The molecule has 2 heteroatoms. The number of hydrogen-bond acceptors (Lipinski definition) is 2. The summed E-state index contributed by atoms with van der Waals surface area (Å²) in [4.78, 5) is 6.11. The number of nitrogens with zero attached hydrogens (tertiary/aromatic N) is 1. The van der Waals surface area contributed by atoms with Gasteiger partial charge in [0.1, 0.15) is 0 Å². The topological polar surface area (TPSA) is 12.9 Å². The van der Waals surface area contributed by atoms with Gasteiger partial charge in [0.25, 0.3) is 0 Å². The molecular formula is C19H11NS. The maximum atomic E-state index is 4.87. The van der Waals surface area contributed by atoms with Crippen LogP contribution in [-0.4, -0.2) is 4.98 Å². The van der Waals surface area contributed by atoms with Gasteiger partial charge in [-0.25, -0.2) is 4.98 Å². The molecule has 2 aromatic carbocycles. The Morgan fingerprint density at radius 3 is 2.67 bits per heavy atom. The molecule has 98 valence electrons. The standard InChI is InChI=1S/C19H11NS/c1-2-7-17-13(4-1)11-18(21-17)16-10-14-9-8-12-5-3-6-15(20-16)19(12)14/h1-11H. The van der Waals surface area contributed by atoms with Gasteiger partial charge >= 0.3 is 0 Å². The summed E-state index contributed by atoms with van der Waals surface area (Å²) in [6.07, 6.45) is 4.37. The van der Waals surface area contributed by atoms with E-state index in [1.54, 1.807) is 0 Å². The summed E-state index contributed by atoms with van der Waals surface area (Å²) in [6, 6.07) is 19.3. The fourth-order valence-electron chi connectivity index (χ4n) is 3.03. The Labute approximate surface area is 126 Å². The molecule has 5 rings (SSSR count). The number of aromatic nitrogens is 1. The van der Waals surface area contributed by atoms with Crippen LogP contribution in [0.25, 0.3) is 43.7 Å². The molecule has 1 aliphatic carbocycles. The summed E-state index contributed by atoms with van der Waals surface area (Å²) >= 11 is 1.81. The first-order valence-corrected chi connectivity index (χ1v) is 7.81. The van der Waals surface area contributed by atoms with Crippen molar-refractivity contribution in [2.24, 2.45) is 0 Å². The minimum Gasteiger partial charge on any atom is -0.247 e. The van der Waals surface area contributed by atoms with Crippen molar-refractivity contribution in [3.8, 4) is 10.6 Å². The molecule has 0 radical (unpaired) electrons. The normalized spacial score (nSPS) is 12.6. The van der Waals surface area contributed by atoms with Crippen molar-refractivity contribution < 1.29 is 0 Å². The summed E-state index contributed by atoms with van der Waals surface area (Å²) in [6.45, 7) is 0. The van der Waals surface area contributed by atoms with E-state index in [1.165, 1.54) is 31.5 Å². The van der Waals surface area contributed by atoms with E-state index < -0.39 is 0 Å². The lowest BCUT2D eigenvalue weighted by Crippen LogP contribution is -1.86. The Kier molecular flexibility index (Phi) is 2.15. The highest BCUT2D eigenvalue weighted by Crippen LogP contribution is 2.37. The molecule has 0 bridgehead atoms. The van der Waals surface area contributed by atoms with Crippen LogP contribution in [0.4, 0.5) is 0 Å². The fraction of sp³-hybridized carbons (Fsp3) is 0. The van der Waals surface area contributed by atoms with E-state index in [0.29, 0.717) is 0 Å².